The Bertz CT molecular complexity index is 422. The molecule has 1 aromatic rings. The average molecular weight is 248 g/mol. The van der Waals surface area contributed by atoms with Gasteiger partial charge in [-0.25, -0.2) is 0 Å². The van der Waals surface area contributed by atoms with Crippen molar-refractivity contribution in [1.82, 2.24) is 4.90 Å². The van der Waals surface area contributed by atoms with Gasteiger partial charge in [0, 0.05) is 19.1 Å². The number of nitrogens with two attached hydrogens (primary N) is 1. The number of fused-ring (bicyclic) bond motifs is 1. The first-order valence-corrected chi connectivity index (χ1v) is 6.72. The third-order valence-corrected chi connectivity index (χ3v) is 3.73. The molecule has 1 aromatic carbocycles. The summed E-state index contributed by atoms with van der Waals surface area (Å²) in [6.07, 6.45) is 2.46. The van der Waals surface area contributed by atoms with Crippen LogP contribution in [0.2, 0.25) is 0 Å². The number of ether oxygens (including phenoxy) is 2. The molecule has 0 saturated carbocycles. The summed E-state index contributed by atoms with van der Waals surface area (Å²) in [5.74, 6) is 1.76. The standard InChI is InChI=1S/C14H20N2O2/c15-5-7-16-6-1-2-12(16)11-3-4-13-14(10-11)18-9-8-17-13/h3-4,10,12H,1-2,5-9,15H2. The average Bonchev–Trinajstić information content (AvgIpc) is 2.87. The predicted molar refractivity (Wildman–Crippen MR) is 70.0 cm³/mol. The second-order valence-electron chi connectivity index (χ2n) is 4.89. The molecule has 0 amide bonds. The van der Waals surface area contributed by atoms with Crippen molar-refractivity contribution in [2.75, 3.05) is 32.8 Å². The van der Waals surface area contributed by atoms with Gasteiger partial charge in [0.1, 0.15) is 13.2 Å². The van der Waals surface area contributed by atoms with Gasteiger partial charge >= 0.3 is 0 Å². The molecule has 2 N–H and O–H groups in total. The van der Waals surface area contributed by atoms with Crippen LogP contribution in [0.5, 0.6) is 11.5 Å². The van der Waals surface area contributed by atoms with E-state index < -0.39 is 0 Å². The largest absolute Gasteiger partial charge is 0.486 e. The molecule has 2 aliphatic heterocycles. The molecule has 1 fully saturated rings. The third kappa shape index (κ3) is 2.18. The number of hydrogen-bond acceptors (Lipinski definition) is 4. The van der Waals surface area contributed by atoms with Crippen LogP contribution in [0.4, 0.5) is 0 Å². The van der Waals surface area contributed by atoms with Crippen molar-refractivity contribution < 1.29 is 9.47 Å². The molecule has 1 saturated heterocycles. The van der Waals surface area contributed by atoms with E-state index in [0.29, 0.717) is 19.3 Å². The minimum atomic E-state index is 0.490. The lowest BCUT2D eigenvalue weighted by Crippen LogP contribution is -2.29. The third-order valence-electron chi connectivity index (χ3n) is 3.73. The van der Waals surface area contributed by atoms with Crippen molar-refractivity contribution in [3.8, 4) is 11.5 Å². The Morgan fingerprint density at radius 3 is 2.89 bits per heavy atom. The smallest absolute Gasteiger partial charge is 0.161 e. The zero-order valence-corrected chi connectivity index (χ0v) is 10.6. The van der Waals surface area contributed by atoms with E-state index in [-0.39, 0.29) is 0 Å². The van der Waals surface area contributed by atoms with Crippen molar-refractivity contribution in [1.29, 1.82) is 0 Å². The van der Waals surface area contributed by atoms with Crippen LogP contribution in [0, 0.1) is 0 Å². The van der Waals surface area contributed by atoms with Crippen molar-refractivity contribution in [2.24, 2.45) is 5.73 Å². The molecule has 0 spiro atoms. The van der Waals surface area contributed by atoms with E-state index >= 15 is 0 Å². The fraction of sp³-hybridized carbons (Fsp3) is 0.571. The van der Waals surface area contributed by atoms with Crippen molar-refractivity contribution in [2.45, 2.75) is 18.9 Å². The quantitative estimate of drug-likeness (QED) is 0.881. The second-order valence-corrected chi connectivity index (χ2v) is 4.89. The lowest BCUT2D eigenvalue weighted by Gasteiger charge is -2.26. The predicted octanol–water partition coefficient (Wildman–Crippen LogP) is 1.55. The van der Waals surface area contributed by atoms with E-state index in [9.17, 15) is 0 Å². The Kier molecular flexibility index (Phi) is 3.39. The van der Waals surface area contributed by atoms with E-state index in [1.165, 1.54) is 18.4 Å². The molecular formula is C14H20N2O2. The summed E-state index contributed by atoms with van der Waals surface area (Å²) < 4.78 is 11.2. The van der Waals surface area contributed by atoms with E-state index in [1.54, 1.807) is 0 Å². The van der Waals surface area contributed by atoms with Crippen LogP contribution in [-0.2, 0) is 0 Å². The van der Waals surface area contributed by atoms with Crippen LogP contribution in [-0.4, -0.2) is 37.7 Å². The molecule has 98 valence electrons. The highest BCUT2D eigenvalue weighted by Gasteiger charge is 2.26. The Hall–Kier alpha value is -1.26. The maximum Gasteiger partial charge on any atom is 0.161 e. The lowest BCUT2D eigenvalue weighted by atomic mass is 10.0. The van der Waals surface area contributed by atoms with Gasteiger partial charge in [-0.15, -0.1) is 0 Å². The Morgan fingerprint density at radius 2 is 2.06 bits per heavy atom. The van der Waals surface area contributed by atoms with E-state index in [2.05, 4.69) is 17.0 Å². The van der Waals surface area contributed by atoms with Gasteiger partial charge in [0.2, 0.25) is 0 Å². The fourth-order valence-electron chi connectivity index (χ4n) is 2.90. The molecule has 2 heterocycles. The molecule has 1 atom stereocenters. The summed E-state index contributed by atoms with van der Waals surface area (Å²) in [5, 5.41) is 0. The zero-order valence-electron chi connectivity index (χ0n) is 10.6. The first-order valence-electron chi connectivity index (χ1n) is 6.72. The molecule has 2 aliphatic rings. The highest BCUT2D eigenvalue weighted by atomic mass is 16.6. The minimum absolute atomic E-state index is 0.490. The van der Waals surface area contributed by atoms with Gasteiger partial charge in [-0.1, -0.05) is 6.07 Å². The zero-order chi connectivity index (χ0) is 12.4. The van der Waals surface area contributed by atoms with E-state index in [1.807, 2.05) is 6.07 Å². The topological polar surface area (TPSA) is 47.7 Å². The number of benzene rings is 1. The lowest BCUT2D eigenvalue weighted by molar-refractivity contribution is 0.170. The first-order chi connectivity index (χ1) is 8.88. The van der Waals surface area contributed by atoms with Gasteiger partial charge < -0.3 is 15.2 Å². The SMILES string of the molecule is NCCN1CCCC1c1ccc2c(c1)OCCO2. The Labute approximate surface area is 108 Å². The van der Waals surface area contributed by atoms with Gasteiger partial charge in [0.05, 0.1) is 0 Å². The Balaban J connectivity index is 1.83. The first kappa shape index (κ1) is 11.8. The van der Waals surface area contributed by atoms with Crippen LogP contribution >= 0.6 is 0 Å². The summed E-state index contributed by atoms with van der Waals surface area (Å²) in [6, 6.07) is 6.81. The van der Waals surface area contributed by atoms with Gasteiger partial charge in [0.25, 0.3) is 0 Å². The number of nitrogens with zero attached hydrogens (tertiary/aromatic N) is 1. The number of hydrogen-bond donors (Lipinski definition) is 1. The van der Waals surface area contributed by atoms with Gasteiger partial charge in [-0.05, 0) is 37.1 Å². The van der Waals surface area contributed by atoms with Gasteiger partial charge in [-0.2, -0.15) is 0 Å². The molecule has 4 heteroatoms. The van der Waals surface area contributed by atoms with Crippen molar-refractivity contribution in [3.63, 3.8) is 0 Å². The number of likely N-dealkylation sites (tertiary alicyclic amines) is 1. The summed E-state index contributed by atoms with van der Waals surface area (Å²) in [6.45, 7) is 4.14. The molecular weight excluding hydrogens is 228 g/mol. The van der Waals surface area contributed by atoms with Crippen molar-refractivity contribution >= 4 is 0 Å². The number of rotatable bonds is 3. The molecule has 0 bridgehead atoms. The summed E-state index contributed by atoms with van der Waals surface area (Å²) in [7, 11) is 0. The maximum absolute atomic E-state index is 5.67. The molecule has 0 aromatic heterocycles. The molecule has 1 unspecified atom stereocenters. The Morgan fingerprint density at radius 1 is 1.22 bits per heavy atom. The molecule has 4 nitrogen and oxygen atoms in total. The molecule has 3 rings (SSSR count). The fourth-order valence-corrected chi connectivity index (χ4v) is 2.90. The molecule has 0 aliphatic carbocycles. The normalized spacial score (nSPS) is 23.3. The van der Waals surface area contributed by atoms with Gasteiger partial charge in [0.15, 0.2) is 11.5 Å². The summed E-state index contributed by atoms with van der Waals surface area (Å²) in [4.78, 5) is 2.46. The molecule has 18 heavy (non-hydrogen) atoms. The minimum Gasteiger partial charge on any atom is -0.486 e. The van der Waals surface area contributed by atoms with E-state index in [4.69, 9.17) is 15.2 Å². The monoisotopic (exact) mass is 248 g/mol. The van der Waals surface area contributed by atoms with Crippen molar-refractivity contribution in [3.05, 3.63) is 23.8 Å². The molecule has 0 radical (unpaired) electrons. The summed E-state index contributed by atoms with van der Waals surface area (Å²) >= 11 is 0. The van der Waals surface area contributed by atoms with Crippen LogP contribution in [0.25, 0.3) is 0 Å². The highest BCUT2D eigenvalue weighted by molar-refractivity contribution is 5.44. The van der Waals surface area contributed by atoms with Crippen LogP contribution < -0.4 is 15.2 Å². The van der Waals surface area contributed by atoms with Gasteiger partial charge in [-0.3, -0.25) is 4.90 Å². The second kappa shape index (κ2) is 5.16. The van der Waals surface area contributed by atoms with Crippen LogP contribution in [0.15, 0.2) is 18.2 Å². The van der Waals surface area contributed by atoms with E-state index in [0.717, 1.165) is 31.1 Å². The summed E-state index contributed by atoms with van der Waals surface area (Å²) in [5.41, 5.74) is 7.00. The van der Waals surface area contributed by atoms with Crippen LogP contribution in [0.3, 0.4) is 0 Å². The van der Waals surface area contributed by atoms with Crippen LogP contribution in [0.1, 0.15) is 24.4 Å². The maximum atomic E-state index is 5.67. The highest BCUT2D eigenvalue weighted by Crippen LogP contribution is 2.37.